The number of carbonyl (C=O) groups excluding carboxylic acids is 1. The number of piperazine rings is 1. The van der Waals surface area contributed by atoms with Crippen molar-refractivity contribution in [1.29, 1.82) is 0 Å². The van der Waals surface area contributed by atoms with Gasteiger partial charge >= 0.3 is 0 Å². The van der Waals surface area contributed by atoms with E-state index in [1.54, 1.807) is 12.1 Å². The number of nitrogens with one attached hydrogen (secondary N) is 2. The molecule has 4 aliphatic rings. The molecule has 38 heavy (non-hydrogen) atoms. The Morgan fingerprint density at radius 3 is 2.45 bits per heavy atom. The lowest BCUT2D eigenvalue weighted by Crippen LogP contribution is -2.67. The normalized spacial score (nSPS) is 21.2. The molecule has 2 N–H and O–H groups in total. The van der Waals surface area contributed by atoms with Gasteiger partial charge in [0.25, 0.3) is 5.91 Å². The lowest BCUT2D eigenvalue weighted by Gasteiger charge is -2.55. The third-order valence-corrected chi connectivity index (χ3v) is 8.34. The van der Waals surface area contributed by atoms with Crippen LogP contribution in [0.25, 0.3) is 22.8 Å². The molecule has 0 spiro atoms. The van der Waals surface area contributed by atoms with Crippen molar-refractivity contribution >= 4 is 17.4 Å². The third kappa shape index (κ3) is 3.96. The molecule has 3 aromatic heterocycles. The average Bonchev–Trinajstić information content (AvgIpc) is 3.56. The third-order valence-electron chi connectivity index (χ3n) is 8.34. The number of rotatable bonds is 6. The van der Waals surface area contributed by atoms with E-state index in [1.807, 2.05) is 24.7 Å². The van der Waals surface area contributed by atoms with Crippen LogP contribution in [0.1, 0.15) is 42.2 Å². The highest BCUT2D eigenvalue weighted by molar-refractivity contribution is 6.02. The van der Waals surface area contributed by atoms with Gasteiger partial charge in [0.15, 0.2) is 5.82 Å². The average molecular weight is 513 g/mol. The Hall–Kier alpha value is -4.05. The quantitative estimate of drug-likeness (QED) is 0.399. The number of piperidine rings is 1. The van der Waals surface area contributed by atoms with Gasteiger partial charge in [-0.05, 0) is 69.1 Å². The van der Waals surface area contributed by atoms with E-state index in [0.717, 1.165) is 42.9 Å². The number of carbonyl (C=O) groups is 1. The maximum atomic E-state index is 13.5. The van der Waals surface area contributed by atoms with Crippen LogP contribution in [0.3, 0.4) is 0 Å². The van der Waals surface area contributed by atoms with Crippen LogP contribution < -0.4 is 10.2 Å². The lowest BCUT2D eigenvalue weighted by atomic mass is 9.88. The molecule has 10 heteroatoms. The second kappa shape index (κ2) is 9.05. The topological polar surface area (TPSA) is 95.0 Å². The first-order valence-corrected chi connectivity index (χ1v) is 13.2. The monoisotopic (exact) mass is 512 g/mol. The summed E-state index contributed by atoms with van der Waals surface area (Å²) >= 11 is 0. The summed E-state index contributed by atoms with van der Waals surface area (Å²) in [5.74, 6) is 0.423. The maximum Gasteiger partial charge on any atom is 0.274 e. The second-order valence-electron chi connectivity index (χ2n) is 10.6. The van der Waals surface area contributed by atoms with Crippen molar-refractivity contribution in [3.05, 3.63) is 66.6 Å². The number of aromatic amines is 1. The van der Waals surface area contributed by atoms with Gasteiger partial charge in [0.2, 0.25) is 0 Å². The number of benzene rings is 1. The summed E-state index contributed by atoms with van der Waals surface area (Å²) < 4.78 is 15.7. The van der Waals surface area contributed by atoms with Gasteiger partial charge in [0.05, 0.1) is 30.1 Å². The number of hydrogen-bond acceptors (Lipinski definition) is 6. The minimum Gasteiger partial charge on any atom is -0.367 e. The number of anilines is 2. The number of nitrogens with zero attached hydrogens (tertiary/aromatic N) is 6. The zero-order valence-corrected chi connectivity index (χ0v) is 21.1. The fourth-order valence-corrected chi connectivity index (χ4v) is 5.75. The molecule has 194 valence electrons. The van der Waals surface area contributed by atoms with Crippen LogP contribution >= 0.6 is 0 Å². The summed E-state index contributed by atoms with van der Waals surface area (Å²) in [5.41, 5.74) is 3.71. The standard InChI is InChI=1S/C28H29FN8O/c1-35-21-11-22(35)15-36(14-21)20-9-10-24(30-12-20)34-28(38)23-13-31-27(33-23)26-25(17-5-7-18(29)8-6-17)32-16-37(26)19-3-2-4-19/h5-10,12-13,16,19,21-22H,2-4,11,14-15H2,1H3,(H,31,33)(H,30,34,38). The van der Waals surface area contributed by atoms with Gasteiger partial charge in [0.1, 0.15) is 23.0 Å². The zero-order chi connectivity index (χ0) is 25.8. The highest BCUT2D eigenvalue weighted by atomic mass is 19.1. The fourth-order valence-electron chi connectivity index (χ4n) is 5.75. The van der Waals surface area contributed by atoms with E-state index < -0.39 is 0 Å². The largest absolute Gasteiger partial charge is 0.367 e. The number of halogens is 1. The van der Waals surface area contributed by atoms with Gasteiger partial charge in [-0.1, -0.05) is 0 Å². The maximum absolute atomic E-state index is 13.5. The van der Waals surface area contributed by atoms with Crippen molar-refractivity contribution < 1.29 is 9.18 Å². The first-order chi connectivity index (χ1) is 18.5. The molecule has 2 unspecified atom stereocenters. The van der Waals surface area contributed by atoms with E-state index in [4.69, 9.17) is 0 Å². The Morgan fingerprint density at radius 2 is 1.79 bits per heavy atom. The van der Waals surface area contributed by atoms with Crippen LogP contribution in [0.15, 0.2) is 55.1 Å². The van der Waals surface area contributed by atoms with Crippen molar-refractivity contribution in [2.45, 2.75) is 43.8 Å². The van der Waals surface area contributed by atoms with Crippen LogP contribution in [-0.4, -0.2) is 67.5 Å². The molecule has 1 aromatic carbocycles. The smallest absolute Gasteiger partial charge is 0.274 e. The molecule has 1 amide bonds. The molecule has 4 fully saturated rings. The Labute approximate surface area is 219 Å². The first-order valence-electron chi connectivity index (χ1n) is 13.2. The second-order valence-corrected chi connectivity index (χ2v) is 10.6. The van der Waals surface area contributed by atoms with E-state index in [-0.39, 0.29) is 11.7 Å². The number of hydrogen-bond donors (Lipinski definition) is 2. The van der Waals surface area contributed by atoms with Gasteiger partial charge in [-0.3, -0.25) is 9.69 Å². The summed E-state index contributed by atoms with van der Waals surface area (Å²) in [4.78, 5) is 34.7. The van der Waals surface area contributed by atoms with Crippen molar-refractivity contribution in [2.24, 2.45) is 0 Å². The molecule has 4 aromatic rings. The molecule has 0 radical (unpaired) electrons. The molecule has 1 saturated carbocycles. The van der Waals surface area contributed by atoms with E-state index in [1.165, 1.54) is 31.2 Å². The summed E-state index contributed by atoms with van der Waals surface area (Å²) in [6, 6.07) is 11.7. The van der Waals surface area contributed by atoms with Crippen molar-refractivity contribution in [2.75, 3.05) is 30.4 Å². The Balaban J connectivity index is 1.10. The number of likely N-dealkylation sites (N-methyl/N-ethyl adjacent to an activating group) is 1. The highest BCUT2D eigenvalue weighted by Gasteiger charge is 2.42. The Kier molecular flexibility index (Phi) is 5.50. The number of fused-ring (bicyclic) bond motifs is 2. The lowest BCUT2D eigenvalue weighted by molar-refractivity contribution is 0.0264. The minimum atomic E-state index is -0.317. The predicted molar refractivity (Wildman–Crippen MR) is 142 cm³/mol. The summed E-state index contributed by atoms with van der Waals surface area (Å²) in [5, 5.41) is 2.87. The van der Waals surface area contributed by atoms with Crippen LogP contribution in [0, 0.1) is 5.82 Å². The highest BCUT2D eigenvalue weighted by Crippen LogP contribution is 2.39. The number of aromatic nitrogens is 5. The molecule has 8 rings (SSSR count). The van der Waals surface area contributed by atoms with Crippen molar-refractivity contribution in [3.63, 3.8) is 0 Å². The summed E-state index contributed by atoms with van der Waals surface area (Å²) in [6.45, 7) is 2.02. The predicted octanol–water partition coefficient (Wildman–Crippen LogP) is 4.34. The van der Waals surface area contributed by atoms with Crippen molar-refractivity contribution in [1.82, 2.24) is 29.4 Å². The van der Waals surface area contributed by atoms with Gasteiger partial charge in [-0.2, -0.15) is 0 Å². The van der Waals surface area contributed by atoms with Gasteiger partial charge in [-0.15, -0.1) is 0 Å². The van der Waals surface area contributed by atoms with Gasteiger partial charge < -0.3 is 19.8 Å². The van der Waals surface area contributed by atoms with Crippen LogP contribution in [0.2, 0.25) is 0 Å². The number of imidazole rings is 2. The zero-order valence-electron chi connectivity index (χ0n) is 21.1. The molecular formula is C28H29FN8O. The van der Waals surface area contributed by atoms with Crippen molar-refractivity contribution in [3.8, 4) is 22.8 Å². The minimum absolute atomic E-state index is 0.299. The molecule has 3 saturated heterocycles. The van der Waals surface area contributed by atoms with E-state index in [0.29, 0.717) is 41.2 Å². The molecule has 2 bridgehead atoms. The number of amides is 1. The van der Waals surface area contributed by atoms with E-state index in [9.17, 15) is 9.18 Å². The molecular weight excluding hydrogens is 483 g/mol. The Morgan fingerprint density at radius 1 is 1.00 bits per heavy atom. The van der Waals surface area contributed by atoms with E-state index >= 15 is 0 Å². The number of pyridine rings is 1. The van der Waals surface area contributed by atoms with E-state index in [2.05, 4.69) is 46.7 Å². The SMILES string of the molecule is CN1C2CC1CN(c1ccc(NC(=O)c3cnc(-c4c(-c5ccc(F)cc5)ncn4C4CCC4)[nH]3)nc1)C2. The summed E-state index contributed by atoms with van der Waals surface area (Å²) in [7, 11) is 2.19. The van der Waals surface area contributed by atoms with Crippen LogP contribution in [-0.2, 0) is 0 Å². The number of H-pyrrole nitrogens is 1. The van der Waals surface area contributed by atoms with Gasteiger partial charge in [0, 0.05) is 36.8 Å². The molecule has 9 nitrogen and oxygen atoms in total. The molecule has 3 aliphatic heterocycles. The van der Waals surface area contributed by atoms with Crippen LogP contribution in [0.4, 0.5) is 15.9 Å². The Bertz CT molecular complexity index is 1460. The summed E-state index contributed by atoms with van der Waals surface area (Å²) in [6.07, 6.45) is 9.74. The molecule has 2 atom stereocenters. The molecule has 1 aliphatic carbocycles. The first kappa shape index (κ1) is 23.1. The fraction of sp³-hybridized carbons (Fsp3) is 0.357. The molecule has 6 heterocycles. The van der Waals surface area contributed by atoms with Gasteiger partial charge in [-0.25, -0.2) is 19.3 Å². The van der Waals surface area contributed by atoms with Crippen LogP contribution in [0.5, 0.6) is 0 Å².